The van der Waals surface area contributed by atoms with Crippen LogP contribution in [0.2, 0.25) is 0 Å². The monoisotopic (exact) mass is 332 g/mol. The van der Waals surface area contributed by atoms with Crippen LogP contribution in [0.5, 0.6) is 0 Å². The van der Waals surface area contributed by atoms with E-state index >= 15 is 0 Å². The van der Waals surface area contributed by atoms with Crippen LogP contribution in [-0.4, -0.2) is 10.9 Å². The van der Waals surface area contributed by atoms with Crippen LogP contribution in [0.25, 0.3) is 0 Å². The quantitative estimate of drug-likeness (QED) is 0.929. The third-order valence-corrected chi connectivity index (χ3v) is 3.72. The van der Waals surface area contributed by atoms with Crippen molar-refractivity contribution in [2.24, 2.45) is 0 Å². The maximum atomic E-state index is 12.1. The minimum Gasteiger partial charge on any atom is -0.349 e. The molecule has 0 spiro atoms. The van der Waals surface area contributed by atoms with Crippen molar-refractivity contribution in [2.45, 2.75) is 26.3 Å². The molecule has 0 saturated heterocycles. The molecule has 4 heteroatoms. The van der Waals surface area contributed by atoms with E-state index in [9.17, 15) is 4.79 Å². The summed E-state index contributed by atoms with van der Waals surface area (Å²) >= 11 is 3.40. The smallest absolute Gasteiger partial charge is 0.226 e. The zero-order chi connectivity index (χ0) is 14.5. The second-order valence-electron chi connectivity index (χ2n) is 4.78. The van der Waals surface area contributed by atoms with Crippen LogP contribution in [0.4, 0.5) is 0 Å². The van der Waals surface area contributed by atoms with Gasteiger partial charge in [-0.25, -0.2) is 0 Å². The second-order valence-corrected chi connectivity index (χ2v) is 5.70. The summed E-state index contributed by atoms with van der Waals surface area (Å²) in [6.07, 6.45) is 2.03. The van der Waals surface area contributed by atoms with Crippen molar-refractivity contribution < 1.29 is 4.79 Å². The lowest BCUT2D eigenvalue weighted by molar-refractivity contribution is -0.121. The maximum Gasteiger partial charge on any atom is 0.226 e. The van der Waals surface area contributed by atoms with E-state index in [2.05, 4.69) is 26.2 Å². The molecule has 1 aromatic heterocycles. The third-order valence-electron chi connectivity index (χ3n) is 3.19. The molecule has 3 nitrogen and oxygen atoms in total. The van der Waals surface area contributed by atoms with Crippen LogP contribution >= 0.6 is 15.9 Å². The molecule has 20 heavy (non-hydrogen) atoms. The Morgan fingerprint density at radius 2 is 2.00 bits per heavy atom. The van der Waals surface area contributed by atoms with Gasteiger partial charge in [-0.3, -0.25) is 9.78 Å². The maximum absolute atomic E-state index is 12.1. The summed E-state index contributed by atoms with van der Waals surface area (Å²) in [5.41, 5.74) is 2.95. The molecule has 0 saturated carbocycles. The molecule has 104 valence electrons. The normalized spacial score (nSPS) is 11.9. The number of halogens is 1. The Hall–Kier alpha value is -1.68. The molecular weight excluding hydrogens is 316 g/mol. The van der Waals surface area contributed by atoms with E-state index in [4.69, 9.17) is 0 Å². The van der Waals surface area contributed by atoms with Gasteiger partial charge in [0, 0.05) is 10.7 Å². The molecule has 2 aromatic rings. The Morgan fingerprint density at radius 3 is 2.65 bits per heavy atom. The van der Waals surface area contributed by atoms with Gasteiger partial charge in [-0.15, -0.1) is 0 Å². The SMILES string of the molecule is Cc1cccnc1CC(=O)NC(C)c1ccc(Br)cc1. The molecule has 0 radical (unpaired) electrons. The number of nitrogens with one attached hydrogen (secondary N) is 1. The number of aryl methyl sites for hydroxylation is 1. The Labute approximate surface area is 127 Å². The number of pyridine rings is 1. The van der Waals surface area contributed by atoms with Crippen LogP contribution in [0.1, 0.15) is 29.8 Å². The molecule has 0 aliphatic rings. The summed E-state index contributed by atoms with van der Waals surface area (Å²) in [4.78, 5) is 16.3. The molecular formula is C16H17BrN2O. The summed E-state index contributed by atoms with van der Waals surface area (Å²) in [6.45, 7) is 3.94. The Morgan fingerprint density at radius 1 is 1.30 bits per heavy atom. The summed E-state index contributed by atoms with van der Waals surface area (Å²) in [6, 6.07) is 11.8. The number of hydrogen-bond acceptors (Lipinski definition) is 2. The molecule has 1 atom stereocenters. The van der Waals surface area contributed by atoms with Gasteiger partial charge in [-0.2, -0.15) is 0 Å². The van der Waals surface area contributed by atoms with Gasteiger partial charge in [-0.1, -0.05) is 34.1 Å². The number of hydrogen-bond donors (Lipinski definition) is 1. The van der Waals surface area contributed by atoms with Crippen LogP contribution in [-0.2, 0) is 11.2 Å². The van der Waals surface area contributed by atoms with Gasteiger partial charge in [0.15, 0.2) is 0 Å². The van der Waals surface area contributed by atoms with E-state index in [1.807, 2.05) is 50.2 Å². The van der Waals surface area contributed by atoms with Gasteiger partial charge in [0.25, 0.3) is 0 Å². The Kier molecular flexibility index (Phi) is 4.90. The van der Waals surface area contributed by atoms with Crippen LogP contribution < -0.4 is 5.32 Å². The number of carbonyl (C=O) groups is 1. The van der Waals surface area contributed by atoms with Gasteiger partial charge in [0.1, 0.15) is 0 Å². The van der Waals surface area contributed by atoms with Gasteiger partial charge in [0.2, 0.25) is 5.91 Å². The minimum absolute atomic E-state index is 0.0118. The van der Waals surface area contributed by atoms with Crippen molar-refractivity contribution in [3.63, 3.8) is 0 Å². The molecule has 0 aliphatic heterocycles. The fourth-order valence-corrected chi connectivity index (χ4v) is 2.25. The molecule has 2 rings (SSSR count). The third kappa shape index (κ3) is 3.90. The molecule has 1 amide bonds. The van der Waals surface area contributed by atoms with E-state index < -0.39 is 0 Å². The first-order valence-corrected chi connectivity index (χ1v) is 7.31. The van der Waals surface area contributed by atoms with E-state index in [0.29, 0.717) is 6.42 Å². The average molecular weight is 333 g/mol. The predicted octanol–water partition coefficient (Wildman–Crippen LogP) is 3.57. The fraction of sp³-hybridized carbons (Fsp3) is 0.250. The highest BCUT2D eigenvalue weighted by Gasteiger charge is 2.11. The van der Waals surface area contributed by atoms with Gasteiger partial charge < -0.3 is 5.32 Å². The first kappa shape index (κ1) is 14.7. The standard InChI is InChI=1S/C16H17BrN2O/c1-11-4-3-9-18-15(11)10-16(20)19-12(2)13-5-7-14(17)8-6-13/h3-9,12H,10H2,1-2H3,(H,19,20). The highest BCUT2D eigenvalue weighted by atomic mass is 79.9. The van der Waals surface area contributed by atoms with E-state index in [1.165, 1.54) is 0 Å². The first-order valence-electron chi connectivity index (χ1n) is 6.51. The van der Waals surface area contributed by atoms with Crippen LogP contribution in [0, 0.1) is 6.92 Å². The largest absolute Gasteiger partial charge is 0.349 e. The van der Waals surface area contributed by atoms with Crippen molar-refractivity contribution in [1.29, 1.82) is 0 Å². The lowest BCUT2D eigenvalue weighted by atomic mass is 10.1. The summed E-state index contributed by atoms with van der Waals surface area (Å²) in [5, 5.41) is 3.00. The first-order chi connectivity index (χ1) is 9.56. The van der Waals surface area contributed by atoms with E-state index in [0.717, 1.165) is 21.3 Å². The van der Waals surface area contributed by atoms with E-state index in [-0.39, 0.29) is 11.9 Å². The van der Waals surface area contributed by atoms with Crippen molar-refractivity contribution >= 4 is 21.8 Å². The molecule has 1 heterocycles. The van der Waals surface area contributed by atoms with Gasteiger partial charge >= 0.3 is 0 Å². The number of carbonyl (C=O) groups excluding carboxylic acids is 1. The minimum atomic E-state index is -0.0142. The molecule has 1 aromatic carbocycles. The molecule has 0 bridgehead atoms. The van der Waals surface area contributed by atoms with Crippen molar-refractivity contribution in [2.75, 3.05) is 0 Å². The number of benzene rings is 1. The number of nitrogens with zero attached hydrogens (tertiary/aromatic N) is 1. The van der Waals surface area contributed by atoms with Crippen molar-refractivity contribution in [1.82, 2.24) is 10.3 Å². The average Bonchev–Trinajstić information content (AvgIpc) is 2.42. The van der Waals surface area contributed by atoms with Gasteiger partial charge in [0.05, 0.1) is 18.2 Å². The second kappa shape index (κ2) is 6.66. The number of rotatable bonds is 4. The van der Waals surface area contributed by atoms with Gasteiger partial charge in [-0.05, 0) is 43.2 Å². The summed E-state index contributed by atoms with van der Waals surface area (Å²) in [5.74, 6) is -0.0118. The van der Waals surface area contributed by atoms with Crippen molar-refractivity contribution in [3.05, 3.63) is 63.9 Å². The molecule has 1 unspecified atom stereocenters. The lowest BCUT2D eigenvalue weighted by Crippen LogP contribution is -2.28. The molecule has 0 aliphatic carbocycles. The topological polar surface area (TPSA) is 42.0 Å². The summed E-state index contributed by atoms with van der Waals surface area (Å²) < 4.78 is 1.03. The van der Waals surface area contributed by atoms with Crippen molar-refractivity contribution in [3.8, 4) is 0 Å². The zero-order valence-electron chi connectivity index (χ0n) is 11.6. The van der Waals surface area contributed by atoms with Crippen LogP contribution in [0.3, 0.4) is 0 Å². The highest BCUT2D eigenvalue weighted by molar-refractivity contribution is 9.10. The van der Waals surface area contributed by atoms with Crippen LogP contribution in [0.15, 0.2) is 47.1 Å². The number of amides is 1. The molecule has 0 fully saturated rings. The lowest BCUT2D eigenvalue weighted by Gasteiger charge is -2.14. The Bertz CT molecular complexity index is 596. The Balaban J connectivity index is 1.98. The summed E-state index contributed by atoms with van der Waals surface area (Å²) in [7, 11) is 0. The highest BCUT2D eigenvalue weighted by Crippen LogP contribution is 2.16. The number of aromatic nitrogens is 1. The van der Waals surface area contributed by atoms with E-state index in [1.54, 1.807) is 6.20 Å². The molecule has 1 N–H and O–H groups in total. The predicted molar refractivity (Wildman–Crippen MR) is 83.4 cm³/mol. The fourth-order valence-electron chi connectivity index (χ4n) is 1.98. The zero-order valence-corrected chi connectivity index (χ0v) is 13.1.